The van der Waals surface area contributed by atoms with Crippen LogP contribution in [0.2, 0.25) is 0 Å². The quantitative estimate of drug-likeness (QED) is 0.887. The van der Waals surface area contributed by atoms with Gasteiger partial charge in [0.25, 0.3) is 0 Å². The number of hydrogen-bond donors (Lipinski definition) is 2. The van der Waals surface area contributed by atoms with Gasteiger partial charge in [-0.1, -0.05) is 24.3 Å². The van der Waals surface area contributed by atoms with Crippen molar-refractivity contribution in [3.05, 3.63) is 64.5 Å². The smallest absolute Gasteiger partial charge is 0.317 e. The molecule has 26 heavy (non-hydrogen) atoms. The van der Waals surface area contributed by atoms with Crippen molar-refractivity contribution in [1.82, 2.24) is 10.2 Å². The van der Waals surface area contributed by atoms with Gasteiger partial charge >= 0.3 is 6.03 Å². The fraction of sp³-hybridized carbons (Fsp3) is 0.300. The lowest BCUT2D eigenvalue weighted by Crippen LogP contribution is -2.42. The van der Waals surface area contributed by atoms with Gasteiger partial charge in [0.05, 0.1) is 0 Å². The van der Waals surface area contributed by atoms with E-state index in [1.807, 2.05) is 18.2 Å². The van der Waals surface area contributed by atoms with E-state index in [4.69, 9.17) is 0 Å². The molecule has 0 fully saturated rings. The average molecular weight is 355 g/mol. The highest BCUT2D eigenvalue weighted by Gasteiger charge is 2.22. The number of hydrogen-bond acceptors (Lipinski definition) is 2. The molecular formula is C20H22FN3O2. The van der Waals surface area contributed by atoms with E-state index in [-0.39, 0.29) is 17.8 Å². The van der Waals surface area contributed by atoms with Gasteiger partial charge in [-0.2, -0.15) is 0 Å². The first-order chi connectivity index (χ1) is 12.4. The van der Waals surface area contributed by atoms with Crippen molar-refractivity contribution in [3.8, 4) is 0 Å². The van der Waals surface area contributed by atoms with Crippen LogP contribution in [0.25, 0.3) is 0 Å². The Kier molecular flexibility index (Phi) is 5.21. The van der Waals surface area contributed by atoms with Crippen molar-refractivity contribution in [2.45, 2.75) is 33.4 Å². The molecule has 0 saturated carbocycles. The highest BCUT2D eigenvalue weighted by molar-refractivity contribution is 5.90. The van der Waals surface area contributed by atoms with Crippen molar-refractivity contribution >= 4 is 17.6 Å². The van der Waals surface area contributed by atoms with Gasteiger partial charge in [0.2, 0.25) is 5.91 Å². The predicted molar refractivity (Wildman–Crippen MR) is 98.2 cm³/mol. The molecule has 0 unspecified atom stereocenters. The Hall–Kier alpha value is -2.89. The second kappa shape index (κ2) is 7.56. The van der Waals surface area contributed by atoms with E-state index in [9.17, 15) is 14.0 Å². The largest absolute Gasteiger partial charge is 0.334 e. The van der Waals surface area contributed by atoms with Gasteiger partial charge in [-0.05, 0) is 47.7 Å². The molecule has 2 aromatic rings. The average Bonchev–Trinajstić information content (AvgIpc) is 2.62. The molecule has 0 radical (unpaired) electrons. The minimum Gasteiger partial charge on any atom is -0.334 e. The molecule has 0 saturated heterocycles. The maximum atomic E-state index is 13.3. The third kappa shape index (κ3) is 4.02. The van der Waals surface area contributed by atoms with Crippen molar-refractivity contribution < 1.29 is 14.0 Å². The molecule has 0 atom stereocenters. The summed E-state index contributed by atoms with van der Waals surface area (Å²) in [4.78, 5) is 25.5. The number of urea groups is 1. The van der Waals surface area contributed by atoms with Gasteiger partial charge in [0.15, 0.2) is 0 Å². The summed E-state index contributed by atoms with van der Waals surface area (Å²) in [5.74, 6) is -0.351. The Morgan fingerprint density at radius 1 is 1.23 bits per heavy atom. The van der Waals surface area contributed by atoms with Crippen molar-refractivity contribution in [2.24, 2.45) is 0 Å². The molecule has 0 aliphatic carbocycles. The van der Waals surface area contributed by atoms with Gasteiger partial charge in [-0.25, -0.2) is 9.18 Å². The Bertz CT molecular complexity index is 851. The summed E-state index contributed by atoms with van der Waals surface area (Å²) in [6.07, 6.45) is 0.689. The fourth-order valence-corrected chi connectivity index (χ4v) is 3.20. The summed E-state index contributed by atoms with van der Waals surface area (Å²) in [5.41, 5.74) is 4.37. The number of carbonyl (C=O) groups is 2. The lowest BCUT2D eigenvalue weighted by atomic mass is 9.98. The molecule has 6 heteroatoms. The molecule has 1 aliphatic rings. The van der Waals surface area contributed by atoms with E-state index in [2.05, 4.69) is 10.6 Å². The SMILES string of the molecule is CC(=O)Nc1cccc2c1CCN(C(=O)NCc1ccc(F)c(C)c1)C2. The third-order valence-electron chi connectivity index (χ3n) is 4.53. The monoisotopic (exact) mass is 355 g/mol. The molecule has 0 spiro atoms. The predicted octanol–water partition coefficient (Wildman–Crippen LogP) is 3.36. The van der Waals surface area contributed by atoms with Crippen LogP contribution in [0.15, 0.2) is 36.4 Å². The second-order valence-corrected chi connectivity index (χ2v) is 6.54. The van der Waals surface area contributed by atoms with Gasteiger partial charge in [0, 0.05) is 32.2 Å². The van der Waals surface area contributed by atoms with Gasteiger partial charge in [-0.15, -0.1) is 0 Å². The molecule has 0 aromatic heterocycles. The van der Waals surface area contributed by atoms with Crippen LogP contribution >= 0.6 is 0 Å². The van der Waals surface area contributed by atoms with Crippen LogP contribution < -0.4 is 10.6 Å². The first kappa shape index (κ1) is 17.9. The van der Waals surface area contributed by atoms with Gasteiger partial charge in [-0.3, -0.25) is 4.79 Å². The highest BCUT2D eigenvalue weighted by atomic mass is 19.1. The van der Waals surface area contributed by atoms with Crippen molar-refractivity contribution in [3.63, 3.8) is 0 Å². The standard InChI is InChI=1S/C20H22FN3O2/c1-13-10-15(6-7-18(13)21)11-22-20(26)24-9-8-17-16(12-24)4-3-5-19(17)23-14(2)25/h3-7,10H,8-9,11-12H2,1-2H3,(H,22,26)(H,23,25). The van der Waals surface area contributed by atoms with E-state index in [0.29, 0.717) is 31.6 Å². The molecule has 0 bridgehead atoms. The van der Waals surface area contributed by atoms with Crippen LogP contribution in [-0.4, -0.2) is 23.4 Å². The molecule has 3 rings (SSSR count). The molecule has 1 heterocycles. The third-order valence-corrected chi connectivity index (χ3v) is 4.53. The minimum absolute atomic E-state index is 0.104. The number of aryl methyl sites for hydroxylation is 1. The maximum absolute atomic E-state index is 13.3. The summed E-state index contributed by atoms with van der Waals surface area (Å²) in [5, 5.41) is 5.73. The van der Waals surface area contributed by atoms with Crippen LogP contribution in [0.5, 0.6) is 0 Å². The lowest BCUT2D eigenvalue weighted by molar-refractivity contribution is -0.114. The van der Waals surface area contributed by atoms with E-state index in [0.717, 1.165) is 22.4 Å². The molecule has 1 aliphatic heterocycles. The zero-order valence-electron chi connectivity index (χ0n) is 14.9. The molecule has 136 valence electrons. The fourth-order valence-electron chi connectivity index (χ4n) is 3.20. The Balaban J connectivity index is 1.64. The second-order valence-electron chi connectivity index (χ2n) is 6.54. The number of nitrogens with zero attached hydrogens (tertiary/aromatic N) is 1. The normalized spacial score (nSPS) is 13.1. The topological polar surface area (TPSA) is 61.4 Å². The Morgan fingerprint density at radius 3 is 2.77 bits per heavy atom. The van der Waals surface area contributed by atoms with Crippen LogP contribution in [0.3, 0.4) is 0 Å². The molecule has 2 N–H and O–H groups in total. The van der Waals surface area contributed by atoms with E-state index in [1.54, 1.807) is 24.0 Å². The maximum Gasteiger partial charge on any atom is 0.317 e. The Labute approximate surface area is 152 Å². The zero-order valence-corrected chi connectivity index (χ0v) is 14.9. The summed E-state index contributed by atoms with van der Waals surface area (Å²) in [7, 11) is 0. The highest BCUT2D eigenvalue weighted by Crippen LogP contribution is 2.26. The summed E-state index contributed by atoms with van der Waals surface area (Å²) >= 11 is 0. The van der Waals surface area contributed by atoms with E-state index < -0.39 is 0 Å². The molecule has 2 aromatic carbocycles. The summed E-state index contributed by atoms with van der Waals surface area (Å²) in [6.45, 7) is 4.62. The molecule has 3 amide bonds. The van der Waals surface area contributed by atoms with E-state index in [1.165, 1.54) is 13.0 Å². The van der Waals surface area contributed by atoms with Crippen molar-refractivity contribution in [1.29, 1.82) is 0 Å². The number of anilines is 1. The number of carbonyl (C=O) groups excluding carboxylic acids is 2. The minimum atomic E-state index is -0.248. The van der Waals surface area contributed by atoms with Gasteiger partial charge in [0.1, 0.15) is 5.82 Å². The van der Waals surface area contributed by atoms with Gasteiger partial charge < -0.3 is 15.5 Å². The number of rotatable bonds is 3. The van der Waals surface area contributed by atoms with Crippen LogP contribution in [0, 0.1) is 12.7 Å². The number of benzene rings is 2. The lowest BCUT2D eigenvalue weighted by Gasteiger charge is -2.30. The zero-order chi connectivity index (χ0) is 18.7. The number of amides is 3. The van der Waals surface area contributed by atoms with E-state index >= 15 is 0 Å². The number of halogens is 1. The van der Waals surface area contributed by atoms with Crippen LogP contribution in [-0.2, 0) is 24.3 Å². The Morgan fingerprint density at radius 2 is 2.04 bits per heavy atom. The van der Waals surface area contributed by atoms with Crippen LogP contribution in [0.4, 0.5) is 14.9 Å². The summed E-state index contributed by atoms with van der Waals surface area (Å²) in [6, 6.07) is 10.4. The molecule has 5 nitrogen and oxygen atoms in total. The number of nitrogens with one attached hydrogen (secondary N) is 2. The number of fused-ring (bicyclic) bond motifs is 1. The molecular weight excluding hydrogens is 333 g/mol. The van der Waals surface area contributed by atoms with Crippen molar-refractivity contribution in [2.75, 3.05) is 11.9 Å². The first-order valence-electron chi connectivity index (χ1n) is 8.60. The summed E-state index contributed by atoms with van der Waals surface area (Å²) < 4.78 is 13.3. The first-order valence-corrected chi connectivity index (χ1v) is 8.60. The van der Waals surface area contributed by atoms with Crippen LogP contribution in [0.1, 0.15) is 29.2 Å².